The van der Waals surface area contributed by atoms with Gasteiger partial charge >= 0.3 is 33.6 Å². The van der Waals surface area contributed by atoms with Crippen molar-refractivity contribution in [3.63, 3.8) is 0 Å². The van der Waals surface area contributed by atoms with Crippen LogP contribution in [-0.2, 0) is 55.5 Å². The number of nitrogens with zero attached hydrogens (tertiary/aromatic N) is 2. The van der Waals surface area contributed by atoms with E-state index >= 15 is 0 Å². The molecule has 1 radical (unpaired) electrons. The average molecular weight is 290 g/mol. The Bertz CT molecular complexity index is 83.4. The van der Waals surface area contributed by atoms with Crippen LogP contribution in [0.2, 0.25) is 0 Å². The molecule has 85 valence electrons. The van der Waals surface area contributed by atoms with Crippen LogP contribution in [0.4, 0.5) is 0 Å². The number of hydrogen-bond donors (Lipinski definition) is 0. The molecule has 0 aromatic heterocycles. The molecule has 1 heterocycles. The van der Waals surface area contributed by atoms with Gasteiger partial charge in [-0.1, -0.05) is 0 Å². The van der Waals surface area contributed by atoms with E-state index in [-0.39, 0.29) is 61.6 Å². The van der Waals surface area contributed by atoms with Crippen LogP contribution in [0.1, 0.15) is 0 Å². The van der Waals surface area contributed by atoms with Crippen LogP contribution in [0.5, 0.6) is 0 Å². The van der Waals surface area contributed by atoms with Gasteiger partial charge in [0, 0.05) is 0 Å². The van der Waals surface area contributed by atoms with E-state index in [0.717, 1.165) is 0 Å². The number of hydrogen-bond acceptors (Lipinski definition) is 0. The molecule has 0 aliphatic carbocycles. The maximum absolute atomic E-state index is 3.72. The van der Waals surface area contributed by atoms with Gasteiger partial charge in [0.2, 0.25) is 0 Å². The Morgan fingerprint density at radius 1 is 0.615 bits per heavy atom. The van der Waals surface area contributed by atoms with Gasteiger partial charge in [0.15, 0.2) is 0 Å². The summed E-state index contributed by atoms with van der Waals surface area (Å²) in [6.07, 6.45) is 6.56. The van der Waals surface area contributed by atoms with E-state index in [9.17, 15) is 0 Å². The summed E-state index contributed by atoms with van der Waals surface area (Å²) in [7, 11) is 0. The smallest absolute Gasteiger partial charge is 0.693 e. The number of rotatable bonds is 0. The van der Waals surface area contributed by atoms with Crippen LogP contribution < -0.4 is 0 Å². The Morgan fingerprint density at radius 3 is 0.846 bits per heavy atom. The van der Waals surface area contributed by atoms with Gasteiger partial charge in [-0.15, -0.1) is 0 Å². The molecule has 0 fully saturated rings. The Balaban J connectivity index is -0.0000000103. The van der Waals surface area contributed by atoms with Gasteiger partial charge in [0.1, 0.15) is 0 Å². The molecule has 1 aliphatic rings. The standard InChI is InChI=1S/C4H4N2.2Co.H2N.4H2O/c1-2-6-4-3-5-1;;;;;;;/h1-4H;;;5*1H2/q-2;+2;+3;-1;;;;/p+4. The van der Waals surface area contributed by atoms with E-state index in [2.05, 4.69) is 10.6 Å². The van der Waals surface area contributed by atoms with Crippen molar-refractivity contribution in [2.45, 2.75) is 0 Å². The molecule has 1 rings (SSSR count). The van der Waals surface area contributed by atoms with E-state index in [4.69, 9.17) is 0 Å². The van der Waals surface area contributed by atoms with E-state index < -0.39 is 0 Å². The average Bonchev–Trinajstić information content (AvgIpc) is 1.72. The molecule has 0 saturated carbocycles. The maximum Gasteiger partial charge on any atom is 3.00 e. The first-order valence-electron chi connectivity index (χ1n) is 1.70. The van der Waals surface area contributed by atoms with Gasteiger partial charge in [-0.25, -0.2) is 0 Å². The second kappa shape index (κ2) is 40.6. The molecule has 0 aromatic carbocycles. The largest absolute Gasteiger partial charge is 3.00 e. The molecule has 13 heavy (non-hydrogen) atoms. The van der Waals surface area contributed by atoms with Gasteiger partial charge in [-0.2, -0.15) is 24.8 Å². The van der Waals surface area contributed by atoms with Crippen molar-refractivity contribution < 1.29 is 55.5 Å². The van der Waals surface area contributed by atoms with Crippen molar-refractivity contribution >= 4 is 0 Å². The fraction of sp³-hybridized carbons (Fsp3) is 0. The zero-order chi connectivity index (χ0) is 4.24. The minimum Gasteiger partial charge on any atom is -0.693 e. The fourth-order valence-electron chi connectivity index (χ4n) is 0.253. The van der Waals surface area contributed by atoms with Crippen molar-refractivity contribution in [2.75, 3.05) is 0 Å². The van der Waals surface area contributed by atoms with Crippen LogP contribution in [0.15, 0.2) is 24.8 Å². The molecule has 9 heteroatoms. The monoisotopic (exact) mass is 290 g/mol. The summed E-state index contributed by atoms with van der Waals surface area (Å²) in [6.45, 7) is 0. The van der Waals surface area contributed by atoms with Gasteiger partial charge in [0.25, 0.3) is 0 Å². The maximum atomic E-state index is 3.72. The molecule has 0 bridgehead atoms. The summed E-state index contributed by atoms with van der Waals surface area (Å²) in [5.41, 5.74) is 0. The van der Waals surface area contributed by atoms with E-state index in [1.165, 1.54) is 0 Å². The second-order valence-electron chi connectivity index (χ2n) is 0.894. The van der Waals surface area contributed by atoms with Crippen LogP contribution in [0.25, 0.3) is 16.8 Å². The normalized spacial score (nSPS) is 7.38. The third-order valence-corrected chi connectivity index (χ3v) is 0.478. The van der Waals surface area contributed by atoms with Gasteiger partial charge < -0.3 is 38.7 Å². The second-order valence-corrected chi connectivity index (χ2v) is 0.894. The van der Waals surface area contributed by atoms with Gasteiger partial charge in [-0.05, 0) is 0 Å². The predicted octanol–water partition coefficient (Wildman–Crippen LogP) is -1.29. The van der Waals surface area contributed by atoms with Crippen molar-refractivity contribution in [2.24, 2.45) is 0 Å². The Hall–Kier alpha value is -0.107. The molecule has 7 nitrogen and oxygen atoms in total. The topological polar surface area (TPSA) is 194 Å². The summed E-state index contributed by atoms with van der Waals surface area (Å²) in [5, 5.41) is 7.44. The Labute approximate surface area is 97.2 Å². The molecule has 0 amide bonds. The van der Waals surface area contributed by atoms with Crippen LogP contribution >= 0.6 is 0 Å². The van der Waals surface area contributed by atoms with Crippen molar-refractivity contribution in [3.05, 3.63) is 41.6 Å². The zero-order valence-corrected chi connectivity index (χ0v) is 8.84. The Kier molecular flexibility index (Phi) is 164. The first-order chi connectivity index (χ1) is 3.00. The first-order valence-corrected chi connectivity index (χ1v) is 1.70. The van der Waals surface area contributed by atoms with Crippen molar-refractivity contribution in [1.29, 1.82) is 0 Å². The summed E-state index contributed by atoms with van der Waals surface area (Å²) in [4.78, 5) is 0. The fourth-order valence-corrected chi connectivity index (χ4v) is 0.253. The predicted molar refractivity (Wildman–Crippen MR) is 49.8 cm³/mol. The van der Waals surface area contributed by atoms with E-state index in [1.54, 1.807) is 24.8 Å². The number of nitrogens with two attached hydrogens (primary N) is 1. The zero-order valence-electron chi connectivity index (χ0n) is 6.76. The molecule has 0 atom stereocenters. The van der Waals surface area contributed by atoms with E-state index in [1.807, 2.05) is 0 Å². The third-order valence-electron chi connectivity index (χ3n) is 0.478. The minimum atomic E-state index is 0. The van der Waals surface area contributed by atoms with Crippen LogP contribution in [-0.4, -0.2) is 0 Å². The molecular weight excluding hydrogens is 272 g/mol. The summed E-state index contributed by atoms with van der Waals surface area (Å²) in [6, 6.07) is 0. The van der Waals surface area contributed by atoms with Crippen molar-refractivity contribution in [3.8, 4) is 0 Å². The molecule has 14 N–H and O–H groups in total. The summed E-state index contributed by atoms with van der Waals surface area (Å²) in [5.74, 6) is 0. The van der Waals surface area contributed by atoms with Gasteiger partial charge in [-0.3, -0.25) is 0 Å². The van der Waals surface area contributed by atoms with Crippen molar-refractivity contribution in [1.82, 2.24) is 0 Å². The first kappa shape index (κ1) is 52.5. The SMILES string of the molecule is C1=C[N-]C=C[N-]1.[Co+2].[Co+3].[NH2-].[OH3+].[OH3+].[OH3+].[OH3+]. The molecule has 0 aromatic rings. The summed E-state index contributed by atoms with van der Waals surface area (Å²) < 4.78 is 0. The molecule has 0 spiro atoms. The van der Waals surface area contributed by atoms with E-state index in [0.29, 0.717) is 0 Å². The third kappa shape index (κ3) is 33.5. The molecule has 0 saturated heterocycles. The van der Waals surface area contributed by atoms with Crippen LogP contribution in [0, 0.1) is 0 Å². The summed E-state index contributed by atoms with van der Waals surface area (Å²) >= 11 is 0. The quantitative estimate of drug-likeness (QED) is 0.479. The molecule has 1 aliphatic heterocycles. The minimum absolute atomic E-state index is 0. The molecule has 0 unspecified atom stereocenters. The van der Waals surface area contributed by atoms with Gasteiger partial charge in [0.05, 0.1) is 0 Å². The molecular formula is C4H18Co2N3O4+6. The van der Waals surface area contributed by atoms with Crippen LogP contribution in [0.3, 0.4) is 0 Å². The Morgan fingerprint density at radius 2 is 0.769 bits per heavy atom.